The van der Waals surface area contributed by atoms with Gasteiger partial charge in [0.05, 0.1) is 35.2 Å². The summed E-state index contributed by atoms with van der Waals surface area (Å²) in [6.07, 6.45) is 12.9. The minimum atomic E-state index is -0.0321. The van der Waals surface area contributed by atoms with Crippen molar-refractivity contribution in [3.63, 3.8) is 0 Å². The van der Waals surface area contributed by atoms with E-state index < -0.39 is 0 Å². The number of hydrogen-bond acceptors (Lipinski definition) is 6. The molecular formula is C53H56N4O2. The van der Waals surface area contributed by atoms with Crippen molar-refractivity contribution in [1.29, 1.82) is 0 Å². The van der Waals surface area contributed by atoms with E-state index in [-0.39, 0.29) is 32.5 Å². The highest BCUT2D eigenvalue weighted by Gasteiger charge is 2.54. The molecule has 6 nitrogen and oxygen atoms in total. The van der Waals surface area contributed by atoms with Gasteiger partial charge in [0, 0.05) is 55.9 Å². The first-order chi connectivity index (χ1) is 27.9. The normalized spacial score (nSPS) is 20.0. The number of fused-ring (bicyclic) bond motifs is 6. The molecule has 4 aromatic heterocycles. The van der Waals surface area contributed by atoms with Crippen molar-refractivity contribution in [3.05, 3.63) is 120 Å². The molecule has 8 aromatic rings. The van der Waals surface area contributed by atoms with Crippen LogP contribution in [0.5, 0.6) is 0 Å². The lowest BCUT2D eigenvalue weighted by atomic mass is 9.71. The van der Waals surface area contributed by atoms with Gasteiger partial charge in [0.2, 0.25) is 0 Å². The van der Waals surface area contributed by atoms with Crippen LogP contribution in [-0.4, -0.2) is 19.9 Å². The molecular weight excluding hydrogens is 725 g/mol. The summed E-state index contributed by atoms with van der Waals surface area (Å²) >= 11 is 0. The van der Waals surface area contributed by atoms with E-state index in [2.05, 4.69) is 118 Å². The zero-order valence-electron chi connectivity index (χ0n) is 36.4. The zero-order chi connectivity index (χ0) is 41.3. The van der Waals surface area contributed by atoms with E-state index in [0.29, 0.717) is 6.42 Å². The number of nitrogens with zero attached hydrogens (tertiary/aromatic N) is 4. The molecule has 0 N–H and O–H groups in total. The van der Waals surface area contributed by atoms with Crippen LogP contribution >= 0.6 is 0 Å². The first-order valence-corrected chi connectivity index (χ1v) is 21.4. The summed E-state index contributed by atoms with van der Waals surface area (Å²) in [4.78, 5) is 20.5. The fourth-order valence-electron chi connectivity index (χ4n) is 11.5. The van der Waals surface area contributed by atoms with Crippen LogP contribution in [-0.2, 0) is 17.3 Å². The summed E-state index contributed by atoms with van der Waals surface area (Å²) in [6.45, 7) is 23.8. The SMILES string of the molecule is CC1(c2cnc(-c3cc(Cc4cc(-c5cnc(C6(C)CC(C)(C)C(C)(C)C6)cn5)c5oc6ccccc6c5c4)cc4c3oc3ccccc34)cn2)CC(C)(C)C(C)(C)C1. The molecule has 0 aliphatic heterocycles. The lowest BCUT2D eigenvalue weighted by molar-refractivity contribution is 0.157. The molecule has 0 bridgehead atoms. The van der Waals surface area contributed by atoms with Crippen molar-refractivity contribution < 1.29 is 8.83 Å². The maximum atomic E-state index is 6.60. The average Bonchev–Trinajstić information content (AvgIpc) is 3.84. The number of rotatable bonds is 6. The number of hydrogen-bond donors (Lipinski definition) is 0. The summed E-state index contributed by atoms with van der Waals surface area (Å²) in [7, 11) is 0. The van der Waals surface area contributed by atoms with Gasteiger partial charge in [0.1, 0.15) is 22.3 Å². The van der Waals surface area contributed by atoms with Gasteiger partial charge in [-0.3, -0.25) is 19.9 Å². The van der Waals surface area contributed by atoms with Crippen molar-refractivity contribution in [1.82, 2.24) is 19.9 Å². The third-order valence-electron chi connectivity index (χ3n) is 15.6. The molecule has 0 atom stereocenters. The van der Waals surface area contributed by atoms with Crippen molar-refractivity contribution >= 4 is 43.9 Å². The minimum Gasteiger partial charge on any atom is -0.455 e. The van der Waals surface area contributed by atoms with Crippen LogP contribution < -0.4 is 0 Å². The number of furan rings is 2. The third kappa shape index (κ3) is 5.95. The molecule has 59 heavy (non-hydrogen) atoms. The molecule has 0 radical (unpaired) electrons. The standard InChI is InChI=1S/C53H56N4O2/c1-48(2)28-52(9,29-49(48,3)4)44-26-54-40(24-56-44)38-22-32(20-36-34-15-11-13-17-42(34)58-46(36)38)19-33-21-37-35-16-12-14-18-43(35)59-47(37)39(23-33)41-25-57-45(27-55-41)53(10)30-50(5,6)51(7,8)31-53/h11-18,20-27H,19,28-31H2,1-10H3. The van der Waals surface area contributed by atoms with Crippen LogP contribution in [0.1, 0.15) is 117 Å². The highest BCUT2D eigenvalue weighted by Crippen LogP contribution is 2.61. The Morgan fingerprint density at radius 1 is 0.441 bits per heavy atom. The molecule has 0 spiro atoms. The molecule has 300 valence electrons. The van der Waals surface area contributed by atoms with Crippen molar-refractivity contribution in [2.24, 2.45) is 21.7 Å². The van der Waals surface area contributed by atoms with Crippen LogP contribution in [0.2, 0.25) is 0 Å². The minimum absolute atomic E-state index is 0.0321. The van der Waals surface area contributed by atoms with E-state index >= 15 is 0 Å². The lowest BCUT2D eigenvalue weighted by Crippen LogP contribution is -2.25. The molecule has 2 aliphatic rings. The van der Waals surface area contributed by atoms with E-state index in [1.807, 2.05) is 49.1 Å². The highest BCUT2D eigenvalue weighted by atomic mass is 16.3. The predicted molar refractivity (Wildman–Crippen MR) is 241 cm³/mol. The fourth-order valence-corrected chi connectivity index (χ4v) is 11.5. The van der Waals surface area contributed by atoms with Gasteiger partial charge in [0.15, 0.2) is 0 Å². The number of para-hydroxylation sites is 2. The Morgan fingerprint density at radius 3 is 1.17 bits per heavy atom. The molecule has 4 heterocycles. The largest absolute Gasteiger partial charge is 0.455 e. The average molecular weight is 781 g/mol. The molecule has 2 saturated carbocycles. The second-order valence-corrected chi connectivity index (χ2v) is 21.4. The molecule has 6 heteroatoms. The van der Waals surface area contributed by atoms with Crippen molar-refractivity contribution in [3.8, 4) is 22.5 Å². The molecule has 4 aromatic carbocycles. The van der Waals surface area contributed by atoms with Gasteiger partial charge in [-0.05, 0) is 101 Å². The summed E-state index contributed by atoms with van der Waals surface area (Å²) in [5.41, 5.74) is 12.2. The van der Waals surface area contributed by atoms with E-state index in [1.54, 1.807) is 0 Å². The van der Waals surface area contributed by atoms with Crippen LogP contribution in [0.25, 0.3) is 66.4 Å². The topological polar surface area (TPSA) is 77.8 Å². The van der Waals surface area contributed by atoms with Gasteiger partial charge in [-0.1, -0.05) is 106 Å². The summed E-state index contributed by atoms with van der Waals surface area (Å²) in [5, 5.41) is 4.34. The first-order valence-electron chi connectivity index (χ1n) is 21.4. The first kappa shape index (κ1) is 37.9. The molecule has 0 unspecified atom stereocenters. The summed E-state index contributed by atoms with van der Waals surface area (Å²) < 4.78 is 13.2. The van der Waals surface area contributed by atoms with Crippen LogP contribution in [0.15, 0.2) is 106 Å². The Morgan fingerprint density at radius 2 is 0.814 bits per heavy atom. The van der Waals surface area contributed by atoms with Crippen LogP contribution in [0, 0.1) is 21.7 Å². The Bertz CT molecular complexity index is 2710. The fraction of sp³-hybridized carbons (Fsp3) is 0.396. The van der Waals surface area contributed by atoms with E-state index in [0.717, 1.165) is 115 Å². The van der Waals surface area contributed by atoms with Crippen molar-refractivity contribution in [2.75, 3.05) is 0 Å². The predicted octanol–water partition coefficient (Wildman–Crippen LogP) is 14.2. The maximum Gasteiger partial charge on any atom is 0.144 e. The Balaban J connectivity index is 1.07. The summed E-state index contributed by atoms with van der Waals surface area (Å²) in [5.74, 6) is 0. The molecule has 0 saturated heterocycles. The van der Waals surface area contributed by atoms with E-state index in [9.17, 15) is 0 Å². The number of benzene rings is 4. The quantitative estimate of drug-likeness (QED) is 0.167. The highest BCUT2D eigenvalue weighted by molar-refractivity contribution is 6.11. The van der Waals surface area contributed by atoms with Gasteiger partial charge >= 0.3 is 0 Å². The van der Waals surface area contributed by atoms with Crippen LogP contribution in [0.3, 0.4) is 0 Å². The van der Waals surface area contributed by atoms with Gasteiger partial charge in [-0.25, -0.2) is 0 Å². The Labute approximate surface area is 347 Å². The van der Waals surface area contributed by atoms with Gasteiger partial charge in [0.25, 0.3) is 0 Å². The monoisotopic (exact) mass is 780 g/mol. The van der Waals surface area contributed by atoms with Crippen LogP contribution in [0.4, 0.5) is 0 Å². The number of aromatic nitrogens is 4. The van der Waals surface area contributed by atoms with E-state index in [1.165, 1.54) is 0 Å². The zero-order valence-corrected chi connectivity index (χ0v) is 36.4. The Hall–Kier alpha value is -5.36. The molecule has 10 rings (SSSR count). The van der Waals surface area contributed by atoms with Gasteiger partial charge < -0.3 is 8.83 Å². The van der Waals surface area contributed by atoms with Gasteiger partial charge in [-0.15, -0.1) is 0 Å². The second-order valence-electron chi connectivity index (χ2n) is 21.4. The van der Waals surface area contributed by atoms with Gasteiger partial charge in [-0.2, -0.15) is 0 Å². The Kier molecular flexibility index (Phi) is 8.08. The summed E-state index contributed by atoms with van der Waals surface area (Å²) in [6, 6.07) is 25.7. The third-order valence-corrected chi connectivity index (χ3v) is 15.6. The van der Waals surface area contributed by atoms with Crippen molar-refractivity contribution in [2.45, 2.75) is 112 Å². The smallest absolute Gasteiger partial charge is 0.144 e. The van der Waals surface area contributed by atoms with E-state index in [4.69, 9.17) is 28.8 Å². The molecule has 2 fully saturated rings. The molecule has 2 aliphatic carbocycles. The second kappa shape index (κ2) is 12.6. The molecule has 0 amide bonds. The lowest BCUT2D eigenvalue weighted by Gasteiger charge is -2.34. The maximum absolute atomic E-state index is 6.60.